The largest absolute Gasteiger partial charge is 0.263 e. The Labute approximate surface area is 139 Å². The number of pyridine rings is 1. The van der Waals surface area contributed by atoms with Gasteiger partial charge in [-0.05, 0) is 40.3 Å². The summed E-state index contributed by atoms with van der Waals surface area (Å²) in [5.74, 6) is 2.27. The summed E-state index contributed by atoms with van der Waals surface area (Å²) in [5, 5.41) is 4.18. The van der Waals surface area contributed by atoms with Gasteiger partial charge in [-0.3, -0.25) is 4.98 Å². The summed E-state index contributed by atoms with van der Waals surface area (Å²) in [7, 11) is 0. The normalized spacial score (nSPS) is 13.9. The molecular formula is C18H13BClNS. The third-order valence-corrected chi connectivity index (χ3v) is 5.27. The van der Waals surface area contributed by atoms with Crippen molar-refractivity contribution in [1.82, 2.24) is 4.98 Å². The maximum atomic E-state index is 6.09. The fourth-order valence-corrected chi connectivity index (χ4v) is 4.13. The Bertz CT molecular complexity index is 897. The summed E-state index contributed by atoms with van der Waals surface area (Å²) in [6, 6.07) is 10.7. The number of hydrogen-bond acceptors (Lipinski definition) is 2. The molecule has 4 heteroatoms. The zero-order chi connectivity index (χ0) is 14.9. The van der Waals surface area contributed by atoms with Crippen molar-refractivity contribution in [3.8, 4) is 0 Å². The van der Waals surface area contributed by atoms with Gasteiger partial charge in [0.1, 0.15) is 0 Å². The number of fused-ring (bicyclic) bond motifs is 1. The highest BCUT2D eigenvalue weighted by Gasteiger charge is 2.22. The number of halogens is 1. The highest BCUT2D eigenvalue weighted by Crippen LogP contribution is 2.30. The Morgan fingerprint density at radius 1 is 1.18 bits per heavy atom. The molecule has 0 fully saturated rings. The third kappa shape index (κ3) is 2.51. The molecule has 0 saturated carbocycles. The average molecular weight is 322 g/mol. The highest BCUT2D eigenvalue weighted by atomic mass is 35.5. The van der Waals surface area contributed by atoms with Gasteiger partial charge in [0.2, 0.25) is 6.71 Å². The first kappa shape index (κ1) is 13.8. The minimum atomic E-state index is 0.382. The Morgan fingerprint density at radius 2 is 2.14 bits per heavy atom. The molecule has 22 heavy (non-hydrogen) atoms. The van der Waals surface area contributed by atoms with Gasteiger partial charge in [-0.25, -0.2) is 0 Å². The zero-order valence-electron chi connectivity index (χ0n) is 11.9. The van der Waals surface area contributed by atoms with E-state index < -0.39 is 0 Å². The van der Waals surface area contributed by atoms with Gasteiger partial charge in [-0.1, -0.05) is 47.4 Å². The van der Waals surface area contributed by atoms with E-state index in [1.165, 1.54) is 21.1 Å². The zero-order valence-corrected chi connectivity index (χ0v) is 13.4. The van der Waals surface area contributed by atoms with E-state index in [9.17, 15) is 0 Å². The number of allylic oxidation sites excluding steroid dienone is 2. The van der Waals surface area contributed by atoms with Gasteiger partial charge in [0.15, 0.2) is 0 Å². The topological polar surface area (TPSA) is 12.9 Å². The molecule has 3 aromatic rings. The van der Waals surface area contributed by atoms with Crippen LogP contribution in [0.25, 0.3) is 15.6 Å². The van der Waals surface area contributed by atoms with Gasteiger partial charge in [0.05, 0.1) is 5.02 Å². The van der Waals surface area contributed by atoms with Gasteiger partial charge in [0.25, 0.3) is 0 Å². The molecule has 1 aliphatic heterocycles. The number of aromatic nitrogens is 1. The van der Waals surface area contributed by atoms with E-state index in [1.807, 2.05) is 23.6 Å². The van der Waals surface area contributed by atoms with Gasteiger partial charge < -0.3 is 0 Å². The van der Waals surface area contributed by atoms with Crippen molar-refractivity contribution >= 4 is 45.2 Å². The lowest BCUT2D eigenvalue weighted by Gasteiger charge is -2.12. The van der Waals surface area contributed by atoms with E-state index in [0.717, 1.165) is 11.9 Å². The van der Waals surface area contributed by atoms with E-state index in [1.54, 1.807) is 6.20 Å². The van der Waals surface area contributed by atoms with Crippen LogP contribution in [0.15, 0.2) is 66.2 Å². The Morgan fingerprint density at radius 3 is 3.05 bits per heavy atom. The van der Waals surface area contributed by atoms with Crippen molar-refractivity contribution in [3.63, 3.8) is 0 Å². The first-order valence-corrected chi connectivity index (χ1v) is 8.51. The highest BCUT2D eigenvalue weighted by molar-refractivity contribution is 7.17. The molecule has 106 valence electrons. The molecule has 0 radical (unpaired) electrons. The van der Waals surface area contributed by atoms with Crippen LogP contribution in [0, 0.1) is 0 Å². The number of nitrogens with zero attached hydrogens (tertiary/aromatic N) is 1. The van der Waals surface area contributed by atoms with Crippen molar-refractivity contribution in [2.45, 2.75) is 6.32 Å². The van der Waals surface area contributed by atoms with Crippen LogP contribution >= 0.6 is 22.9 Å². The lowest BCUT2D eigenvalue weighted by molar-refractivity contribution is 1.31. The number of benzene rings is 1. The molecule has 0 saturated heterocycles. The molecule has 3 heterocycles. The van der Waals surface area contributed by atoms with Gasteiger partial charge in [-0.15, -0.1) is 17.3 Å². The predicted octanol–water partition coefficient (Wildman–Crippen LogP) is 5.26. The van der Waals surface area contributed by atoms with E-state index in [2.05, 4.69) is 52.8 Å². The molecule has 4 rings (SSSR count). The Kier molecular flexibility index (Phi) is 3.61. The second-order valence-corrected chi connectivity index (χ2v) is 6.82. The van der Waals surface area contributed by atoms with Crippen LogP contribution in [0.2, 0.25) is 5.02 Å². The summed E-state index contributed by atoms with van der Waals surface area (Å²) < 4.78 is 1.39. The van der Waals surface area contributed by atoms with Crippen LogP contribution in [-0.4, -0.2) is 11.7 Å². The lowest BCUT2D eigenvalue weighted by atomic mass is 9.42. The number of hydrogen-bond donors (Lipinski definition) is 0. The van der Waals surface area contributed by atoms with Gasteiger partial charge in [0, 0.05) is 17.1 Å². The van der Waals surface area contributed by atoms with Crippen molar-refractivity contribution < 1.29 is 0 Å². The third-order valence-electron chi connectivity index (χ3n) is 4.06. The van der Waals surface area contributed by atoms with Crippen LogP contribution in [0.4, 0.5) is 0 Å². The van der Waals surface area contributed by atoms with E-state index in [4.69, 9.17) is 11.6 Å². The summed E-state index contributed by atoms with van der Waals surface area (Å²) in [5.41, 5.74) is 3.81. The standard InChI is InChI=1S/C18H13BClNS/c20-16-9-15(11-21-12-16)17-5-2-7-19(17)10-14-4-1-3-13-6-8-22-18(13)14/h1-9,11-12H,10H2. The fraction of sp³-hybridized carbons (Fsp3) is 0.0556. The molecule has 0 aliphatic carbocycles. The second kappa shape index (κ2) is 5.75. The van der Waals surface area contributed by atoms with Crippen LogP contribution in [0.3, 0.4) is 0 Å². The molecule has 0 N–H and O–H groups in total. The maximum absolute atomic E-state index is 6.09. The first-order chi connectivity index (χ1) is 10.8. The molecule has 0 atom stereocenters. The molecule has 2 aromatic heterocycles. The summed E-state index contributed by atoms with van der Waals surface area (Å²) >= 11 is 7.91. The molecule has 1 aromatic carbocycles. The molecule has 0 bridgehead atoms. The van der Waals surface area contributed by atoms with Crippen molar-refractivity contribution in [3.05, 3.63) is 82.4 Å². The first-order valence-electron chi connectivity index (χ1n) is 7.26. The van der Waals surface area contributed by atoms with E-state index in [0.29, 0.717) is 11.7 Å². The van der Waals surface area contributed by atoms with Crippen molar-refractivity contribution in [2.24, 2.45) is 0 Å². The summed E-state index contributed by atoms with van der Waals surface area (Å²) in [6.45, 7) is 0.382. The fourth-order valence-electron chi connectivity index (χ4n) is 3.03. The summed E-state index contributed by atoms with van der Waals surface area (Å²) in [6.07, 6.45) is 8.88. The smallest absolute Gasteiger partial charge is 0.206 e. The molecule has 1 nitrogen and oxygen atoms in total. The van der Waals surface area contributed by atoms with Crippen LogP contribution < -0.4 is 0 Å². The lowest BCUT2D eigenvalue weighted by Crippen LogP contribution is -2.15. The van der Waals surface area contributed by atoms with Crippen LogP contribution in [0.1, 0.15) is 11.1 Å². The minimum Gasteiger partial charge on any atom is -0.263 e. The minimum absolute atomic E-state index is 0.382. The molecular weight excluding hydrogens is 309 g/mol. The Hall–Kier alpha value is -1.84. The second-order valence-electron chi connectivity index (χ2n) is 5.47. The van der Waals surface area contributed by atoms with E-state index in [-0.39, 0.29) is 0 Å². The average Bonchev–Trinajstić information content (AvgIpc) is 3.16. The van der Waals surface area contributed by atoms with Gasteiger partial charge >= 0.3 is 0 Å². The van der Waals surface area contributed by atoms with Gasteiger partial charge in [-0.2, -0.15) is 0 Å². The summed E-state index contributed by atoms with van der Waals surface area (Å²) in [4.78, 5) is 4.21. The quantitative estimate of drug-likeness (QED) is 0.600. The van der Waals surface area contributed by atoms with Crippen LogP contribution in [0.5, 0.6) is 0 Å². The number of thiophene rings is 1. The molecule has 0 amide bonds. The van der Waals surface area contributed by atoms with E-state index >= 15 is 0 Å². The van der Waals surface area contributed by atoms with Crippen LogP contribution in [-0.2, 0) is 6.32 Å². The number of rotatable bonds is 3. The predicted molar refractivity (Wildman–Crippen MR) is 97.6 cm³/mol. The molecule has 0 spiro atoms. The van der Waals surface area contributed by atoms with Crippen molar-refractivity contribution in [2.75, 3.05) is 0 Å². The van der Waals surface area contributed by atoms with Crippen molar-refractivity contribution in [1.29, 1.82) is 0 Å². The molecule has 0 unspecified atom stereocenters. The SMILES string of the molecule is Clc1cncc(C2=CC=CB2Cc2cccc3ccsc23)c1. The maximum Gasteiger partial charge on any atom is 0.206 e. The monoisotopic (exact) mass is 321 g/mol. The Balaban J connectivity index is 1.67. The molecule has 1 aliphatic rings.